The molecule has 0 aliphatic carbocycles. The Bertz CT molecular complexity index is 1020. The summed E-state index contributed by atoms with van der Waals surface area (Å²) in [6.07, 6.45) is -4.68. The molecule has 1 amide bonds. The number of hydroxylamine groups is 2. The summed E-state index contributed by atoms with van der Waals surface area (Å²) in [6.45, 7) is -0.709. The summed E-state index contributed by atoms with van der Waals surface area (Å²) in [5.74, 6) is -0.505. The Morgan fingerprint density at radius 2 is 1.62 bits per heavy atom. The first-order valence-electron chi connectivity index (χ1n) is 8.99. The molecule has 1 unspecified atom stereocenters. The maximum absolute atomic E-state index is 12.8. The standard InChI is InChI=1S/C19H18F3NO8S/c20-19(21,22)31-16-3-1-14(2-4-16)30-15-5-7-17(8-6-15)32(26,27)11-18(9-23(25)12-24)10-28-13-29-18/h1-8,12,25H,9-11,13H2. The molecule has 1 aliphatic heterocycles. The molecule has 3 rings (SSSR count). The molecule has 0 saturated carbocycles. The molecule has 13 heteroatoms. The van der Waals surface area contributed by atoms with Crippen LogP contribution in [0.3, 0.4) is 0 Å². The molecule has 1 heterocycles. The van der Waals surface area contributed by atoms with Crippen LogP contribution >= 0.6 is 0 Å². The normalized spacial score (nSPS) is 18.9. The van der Waals surface area contributed by atoms with Crippen LogP contribution in [0.5, 0.6) is 17.2 Å². The summed E-state index contributed by atoms with van der Waals surface area (Å²) in [4.78, 5) is 10.6. The lowest BCUT2D eigenvalue weighted by Crippen LogP contribution is -2.48. The average Bonchev–Trinajstić information content (AvgIpc) is 3.15. The first-order chi connectivity index (χ1) is 15.0. The number of amides is 1. The Morgan fingerprint density at radius 3 is 2.12 bits per heavy atom. The molecule has 1 saturated heterocycles. The summed E-state index contributed by atoms with van der Waals surface area (Å²) in [5.41, 5.74) is -1.43. The van der Waals surface area contributed by atoms with Gasteiger partial charge in [-0.3, -0.25) is 10.0 Å². The van der Waals surface area contributed by atoms with E-state index < -0.39 is 39.8 Å². The topological polar surface area (TPSA) is 112 Å². The third-order valence-corrected chi connectivity index (χ3v) is 6.21. The molecular formula is C19H18F3NO8S. The van der Waals surface area contributed by atoms with Gasteiger partial charge in [-0.15, -0.1) is 13.2 Å². The molecule has 1 N–H and O–H groups in total. The zero-order chi connectivity index (χ0) is 23.4. The number of sulfone groups is 1. The molecule has 32 heavy (non-hydrogen) atoms. The van der Waals surface area contributed by atoms with Crippen LogP contribution in [0.2, 0.25) is 0 Å². The van der Waals surface area contributed by atoms with Crippen molar-refractivity contribution in [3.8, 4) is 17.2 Å². The zero-order valence-corrected chi connectivity index (χ0v) is 17.1. The van der Waals surface area contributed by atoms with Gasteiger partial charge in [-0.1, -0.05) is 0 Å². The lowest BCUT2D eigenvalue weighted by molar-refractivity contribution is -0.274. The number of carbonyl (C=O) groups is 1. The number of carbonyl (C=O) groups excluding carboxylic acids is 1. The molecule has 1 atom stereocenters. The van der Waals surface area contributed by atoms with Gasteiger partial charge in [0.15, 0.2) is 9.84 Å². The third kappa shape index (κ3) is 6.32. The van der Waals surface area contributed by atoms with Gasteiger partial charge in [-0.2, -0.15) is 0 Å². The van der Waals surface area contributed by atoms with Crippen LogP contribution in [0.4, 0.5) is 13.2 Å². The van der Waals surface area contributed by atoms with Crippen molar-refractivity contribution in [1.82, 2.24) is 5.06 Å². The van der Waals surface area contributed by atoms with Gasteiger partial charge >= 0.3 is 6.36 Å². The quantitative estimate of drug-likeness (QED) is 0.334. The van der Waals surface area contributed by atoms with E-state index >= 15 is 0 Å². The van der Waals surface area contributed by atoms with E-state index in [1.807, 2.05) is 0 Å². The predicted octanol–water partition coefficient (Wildman–Crippen LogP) is 2.74. The molecule has 1 aliphatic rings. The number of rotatable bonds is 9. The number of ether oxygens (including phenoxy) is 4. The SMILES string of the molecule is O=CN(O)CC1(CS(=O)(=O)c2ccc(Oc3ccc(OC(F)(F)F)cc3)cc2)COCO1. The average molecular weight is 477 g/mol. The molecule has 9 nitrogen and oxygen atoms in total. The minimum Gasteiger partial charge on any atom is -0.457 e. The van der Waals surface area contributed by atoms with Crippen LogP contribution in [0.1, 0.15) is 0 Å². The second kappa shape index (κ2) is 9.32. The minimum absolute atomic E-state index is 0.0655. The van der Waals surface area contributed by atoms with Gasteiger partial charge in [0.25, 0.3) is 0 Å². The van der Waals surface area contributed by atoms with Crippen molar-refractivity contribution in [3.05, 3.63) is 48.5 Å². The van der Waals surface area contributed by atoms with Crippen molar-refractivity contribution >= 4 is 16.2 Å². The second-order valence-electron chi connectivity index (χ2n) is 6.85. The van der Waals surface area contributed by atoms with Gasteiger partial charge in [0.2, 0.25) is 6.41 Å². The maximum atomic E-state index is 12.8. The van der Waals surface area contributed by atoms with Gasteiger partial charge in [0.05, 0.1) is 23.8 Å². The smallest absolute Gasteiger partial charge is 0.457 e. The van der Waals surface area contributed by atoms with Gasteiger partial charge in [-0.25, -0.2) is 13.5 Å². The highest BCUT2D eigenvalue weighted by Gasteiger charge is 2.42. The number of halogens is 3. The van der Waals surface area contributed by atoms with E-state index in [9.17, 15) is 31.6 Å². The van der Waals surface area contributed by atoms with Crippen molar-refractivity contribution in [1.29, 1.82) is 0 Å². The molecule has 0 aromatic heterocycles. The van der Waals surface area contributed by atoms with Crippen molar-refractivity contribution in [2.75, 3.05) is 25.7 Å². The Labute approximate surface area is 180 Å². The van der Waals surface area contributed by atoms with Gasteiger partial charge in [0, 0.05) is 0 Å². The van der Waals surface area contributed by atoms with Crippen molar-refractivity contribution in [2.45, 2.75) is 16.9 Å². The van der Waals surface area contributed by atoms with E-state index in [1.54, 1.807) is 0 Å². The van der Waals surface area contributed by atoms with Crippen LogP contribution in [0.25, 0.3) is 0 Å². The number of alkyl halides is 3. The second-order valence-corrected chi connectivity index (χ2v) is 8.84. The first kappa shape index (κ1) is 23.8. The monoisotopic (exact) mass is 477 g/mol. The van der Waals surface area contributed by atoms with Gasteiger partial charge < -0.3 is 18.9 Å². The van der Waals surface area contributed by atoms with E-state index in [1.165, 1.54) is 36.4 Å². The van der Waals surface area contributed by atoms with E-state index in [-0.39, 0.29) is 41.3 Å². The Morgan fingerprint density at radius 1 is 1.06 bits per heavy atom. The Balaban J connectivity index is 1.68. The molecule has 2 aromatic rings. The molecule has 174 valence electrons. The molecule has 0 bridgehead atoms. The highest BCUT2D eigenvalue weighted by molar-refractivity contribution is 7.91. The summed E-state index contributed by atoms with van der Waals surface area (Å²) < 4.78 is 81.9. The van der Waals surface area contributed by atoms with Crippen molar-refractivity contribution in [2.24, 2.45) is 0 Å². The van der Waals surface area contributed by atoms with Crippen LogP contribution in [0, 0.1) is 0 Å². The third-order valence-electron chi connectivity index (χ3n) is 4.31. The summed E-state index contributed by atoms with van der Waals surface area (Å²) in [7, 11) is -3.91. The van der Waals surface area contributed by atoms with E-state index in [2.05, 4.69) is 4.74 Å². The fourth-order valence-electron chi connectivity index (χ4n) is 2.98. The van der Waals surface area contributed by atoms with Gasteiger partial charge in [-0.05, 0) is 48.5 Å². The molecule has 0 spiro atoms. The number of nitrogens with zero attached hydrogens (tertiary/aromatic N) is 1. The fourth-order valence-corrected chi connectivity index (χ4v) is 4.65. The van der Waals surface area contributed by atoms with Crippen LogP contribution < -0.4 is 9.47 Å². The Hall–Kier alpha value is -2.87. The van der Waals surface area contributed by atoms with Gasteiger partial charge in [0.1, 0.15) is 29.6 Å². The zero-order valence-electron chi connectivity index (χ0n) is 16.3. The minimum atomic E-state index is -4.80. The van der Waals surface area contributed by atoms with Crippen LogP contribution in [-0.4, -0.2) is 62.8 Å². The first-order valence-corrected chi connectivity index (χ1v) is 10.6. The van der Waals surface area contributed by atoms with E-state index in [4.69, 9.17) is 14.2 Å². The molecule has 0 radical (unpaired) electrons. The summed E-state index contributed by atoms with van der Waals surface area (Å²) in [6, 6.07) is 9.99. The number of hydrogen-bond donors (Lipinski definition) is 1. The van der Waals surface area contributed by atoms with Crippen LogP contribution in [0.15, 0.2) is 53.4 Å². The molecule has 1 fully saturated rings. The van der Waals surface area contributed by atoms with Crippen LogP contribution in [-0.2, 0) is 24.1 Å². The maximum Gasteiger partial charge on any atom is 0.573 e. The van der Waals surface area contributed by atoms with E-state index in [0.717, 1.165) is 12.1 Å². The summed E-state index contributed by atoms with van der Waals surface area (Å²) >= 11 is 0. The highest BCUT2D eigenvalue weighted by atomic mass is 32.2. The number of benzene rings is 2. The Kier molecular flexibility index (Phi) is 6.93. The number of hydrogen-bond acceptors (Lipinski definition) is 8. The predicted molar refractivity (Wildman–Crippen MR) is 101 cm³/mol. The highest BCUT2D eigenvalue weighted by Crippen LogP contribution is 2.29. The van der Waals surface area contributed by atoms with Crippen molar-refractivity contribution in [3.63, 3.8) is 0 Å². The van der Waals surface area contributed by atoms with Crippen molar-refractivity contribution < 1.29 is 50.5 Å². The fraction of sp³-hybridized carbons (Fsp3) is 0.316. The lowest BCUT2D eigenvalue weighted by atomic mass is 10.1. The van der Waals surface area contributed by atoms with E-state index in [0.29, 0.717) is 0 Å². The summed E-state index contributed by atoms with van der Waals surface area (Å²) in [5, 5.41) is 9.74. The molecule has 2 aromatic carbocycles. The largest absolute Gasteiger partial charge is 0.573 e. The lowest BCUT2D eigenvalue weighted by Gasteiger charge is -2.28. The molecular weight excluding hydrogens is 459 g/mol.